The van der Waals surface area contributed by atoms with Crippen molar-refractivity contribution < 1.29 is 17.6 Å². The van der Waals surface area contributed by atoms with Crippen LogP contribution < -0.4 is 9.46 Å². The molecule has 0 amide bonds. The van der Waals surface area contributed by atoms with Crippen LogP contribution in [0.5, 0.6) is 5.75 Å². The van der Waals surface area contributed by atoms with Crippen LogP contribution in [-0.2, 0) is 17.1 Å². The number of aromatic nitrogens is 2. The molecule has 140 valence electrons. The van der Waals surface area contributed by atoms with Gasteiger partial charge in [0.2, 0.25) is 0 Å². The number of anilines is 1. The number of para-hydroxylation sites is 1. The van der Waals surface area contributed by atoms with Crippen LogP contribution in [0.25, 0.3) is 21.9 Å². The third kappa shape index (κ3) is 2.73. The first-order valence-electron chi connectivity index (χ1n) is 8.34. The zero-order valence-electron chi connectivity index (χ0n) is 15.4. The van der Waals surface area contributed by atoms with Crippen molar-refractivity contribution >= 4 is 37.6 Å². The summed E-state index contributed by atoms with van der Waals surface area (Å²) in [5, 5.41) is 5.99. The van der Waals surface area contributed by atoms with E-state index in [1.807, 2.05) is 24.3 Å². The summed E-state index contributed by atoms with van der Waals surface area (Å²) in [6.07, 6.45) is 0. The van der Waals surface area contributed by atoms with Gasteiger partial charge in [0, 0.05) is 23.9 Å². The summed E-state index contributed by atoms with van der Waals surface area (Å²) in [6.45, 7) is 3.38. The standard InChI is InChI=1S/C19H19N3O4S/c1-11-19(12(2)22(3)20-11)27(23,24)21-15-10-17-14(9-18(15)25-4)13-7-5-6-8-16(13)26-17/h5-10,21H,1-4H3. The second kappa shape index (κ2) is 6.02. The summed E-state index contributed by atoms with van der Waals surface area (Å²) < 4.78 is 41.4. The smallest absolute Gasteiger partial charge is 0.265 e. The second-order valence-corrected chi connectivity index (χ2v) is 8.00. The summed E-state index contributed by atoms with van der Waals surface area (Å²) in [7, 11) is -0.628. The molecule has 0 saturated carbocycles. The lowest BCUT2D eigenvalue weighted by molar-refractivity contribution is 0.417. The minimum absolute atomic E-state index is 0.164. The van der Waals surface area contributed by atoms with Crippen LogP contribution in [0, 0.1) is 13.8 Å². The predicted octanol–water partition coefficient (Wildman–Crippen LogP) is 3.75. The molecule has 8 heteroatoms. The molecular formula is C19H19N3O4S. The number of furan rings is 1. The number of aryl methyl sites for hydroxylation is 2. The summed E-state index contributed by atoms with van der Waals surface area (Å²) in [4.78, 5) is 0.164. The molecule has 0 aliphatic rings. The van der Waals surface area contributed by atoms with Gasteiger partial charge in [-0.25, -0.2) is 8.42 Å². The fourth-order valence-electron chi connectivity index (χ4n) is 3.34. The number of sulfonamides is 1. The Hall–Kier alpha value is -3.00. The average Bonchev–Trinajstić information content (AvgIpc) is 3.10. The van der Waals surface area contributed by atoms with Crippen molar-refractivity contribution in [3.05, 3.63) is 47.8 Å². The van der Waals surface area contributed by atoms with Gasteiger partial charge in [0.25, 0.3) is 10.0 Å². The van der Waals surface area contributed by atoms with Crippen LogP contribution in [0.3, 0.4) is 0 Å². The molecule has 0 aliphatic carbocycles. The third-order valence-corrected chi connectivity index (χ3v) is 6.27. The van der Waals surface area contributed by atoms with Crippen molar-refractivity contribution in [3.8, 4) is 5.75 Å². The number of nitrogens with zero attached hydrogens (tertiary/aromatic N) is 2. The molecule has 1 N–H and O–H groups in total. The van der Waals surface area contributed by atoms with Crippen molar-refractivity contribution in [1.82, 2.24) is 9.78 Å². The zero-order valence-corrected chi connectivity index (χ0v) is 16.2. The van der Waals surface area contributed by atoms with Gasteiger partial charge in [0.05, 0.1) is 24.2 Å². The predicted molar refractivity (Wildman–Crippen MR) is 104 cm³/mol. The highest BCUT2D eigenvalue weighted by Gasteiger charge is 2.25. The van der Waals surface area contributed by atoms with Crippen LogP contribution in [0.15, 0.2) is 45.7 Å². The number of fused-ring (bicyclic) bond motifs is 3. The molecular weight excluding hydrogens is 366 g/mol. The van der Waals surface area contributed by atoms with E-state index < -0.39 is 10.0 Å². The zero-order chi connectivity index (χ0) is 19.3. The van der Waals surface area contributed by atoms with Gasteiger partial charge in [0.15, 0.2) is 0 Å². The molecule has 0 fully saturated rings. The molecule has 0 spiro atoms. The van der Waals surface area contributed by atoms with Crippen molar-refractivity contribution in [3.63, 3.8) is 0 Å². The SMILES string of the molecule is COc1cc2c(cc1NS(=O)(=O)c1c(C)nn(C)c1C)oc1ccccc12. The first-order chi connectivity index (χ1) is 12.8. The molecule has 2 aromatic heterocycles. The first kappa shape index (κ1) is 17.4. The van der Waals surface area contributed by atoms with E-state index in [1.165, 1.54) is 7.11 Å². The Morgan fingerprint density at radius 1 is 1.11 bits per heavy atom. The van der Waals surface area contributed by atoms with E-state index in [0.29, 0.717) is 28.4 Å². The van der Waals surface area contributed by atoms with Crippen molar-refractivity contribution in [2.75, 3.05) is 11.8 Å². The van der Waals surface area contributed by atoms with Gasteiger partial charge in [-0.15, -0.1) is 0 Å². The molecule has 4 aromatic rings. The molecule has 0 bridgehead atoms. The highest BCUT2D eigenvalue weighted by Crippen LogP contribution is 2.37. The molecule has 0 saturated heterocycles. The minimum Gasteiger partial charge on any atom is -0.495 e. The maximum absolute atomic E-state index is 13.0. The van der Waals surface area contributed by atoms with Crippen LogP contribution in [0.2, 0.25) is 0 Å². The lowest BCUT2D eigenvalue weighted by atomic mass is 10.1. The maximum atomic E-state index is 13.0. The fraction of sp³-hybridized carbons (Fsp3) is 0.211. The van der Waals surface area contributed by atoms with E-state index in [4.69, 9.17) is 9.15 Å². The van der Waals surface area contributed by atoms with Crippen molar-refractivity contribution in [2.45, 2.75) is 18.7 Å². The summed E-state index contributed by atoms with van der Waals surface area (Å²) in [5.74, 6) is 0.414. The van der Waals surface area contributed by atoms with E-state index in [9.17, 15) is 8.42 Å². The summed E-state index contributed by atoms with van der Waals surface area (Å²) in [5.41, 5.74) is 2.62. The molecule has 2 heterocycles. The Kier molecular flexibility index (Phi) is 3.88. The quantitative estimate of drug-likeness (QED) is 0.578. The number of hydrogen-bond acceptors (Lipinski definition) is 5. The summed E-state index contributed by atoms with van der Waals surface area (Å²) >= 11 is 0. The number of ether oxygens (including phenoxy) is 1. The summed E-state index contributed by atoms with van der Waals surface area (Å²) in [6, 6.07) is 11.1. The third-order valence-electron chi connectivity index (χ3n) is 4.65. The highest BCUT2D eigenvalue weighted by atomic mass is 32.2. The fourth-order valence-corrected chi connectivity index (χ4v) is 4.84. The number of benzene rings is 2. The van der Waals surface area contributed by atoms with Gasteiger partial charge in [-0.05, 0) is 26.0 Å². The largest absolute Gasteiger partial charge is 0.495 e. The van der Waals surface area contributed by atoms with Gasteiger partial charge in [0.1, 0.15) is 21.8 Å². The monoisotopic (exact) mass is 385 g/mol. The Bertz CT molecular complexity index is 1290. The van der Waals surface area contributed by atoms with E-state index in [2.05, 4.69) is 9.82 Å². The molecule has 0 aliphatic heterocycles. The number of rotatable bonds is 4. The topological polar surface area (TPSA) is 86.4 Å². The van der Waals surface area contributed by atoms with Crippen molar-refractivity contribution in [2.24, 2.45) is 7.05 Å². The van der Waals surface area contributed by atoms with Crippen LogP contribution in [-0.4, -0.2) is 25.3 Å². The van der Waals surface area contributed by atoms with Crippen LogP contribution in [0.1, 0.15) is 11.4 Å². The van der Waals surface area contributed by atoms with Crippen LogP contribution >= 0.6 is 0 Å². The molecule has 0 atom stereocenters. The Morgan fingerprint density at radius 2 is 1.85 bits per heavy atom. The number of methoxy groups -OCH3 is 1. The molecule has 0 radical (unpaired) electrons. The van der Waals surface area contributed by atoms with Gasteiger partial charge >= 0.3 is 0 Å². The Morgan fingerprint density at radius 3 is 2.52 bits per heavy atom. The highest BCUT2D eigenvalue weighted by molar-refractivity contribution is 7.92. The molecule has 4 rings (SSSR count). The van der Waals surface area contributed by atoms with Gasteiger partial charge in [-0.1, -0.05) is 18.2 Å². The van der Waals surface area contributed by atoms with Gasteiger partial charge < -0.3 is 9.15 Å². The van der Waals surface area contributed by atoms with E-state index in [-0.39, 0.29) is 4.90 Å². The van der Waals surface area contributed by atoms with E-state index >= 15 is 0 Å². The maximum Gasteiger partial charge on any atom is 0.265 e. The molecule has 27 heavy (non-hydrogen) atoms. The number of nitrogens with one attached hydrogen (secondary N) is 1. The lowest BCUT2D eigenvalue weighted by Crippen LogP contribution is -2.15. The van der Waals surface area contributed by atoms with E-state index in [0.717, 1.165) is 16.4 Å². The molecule has 0 unspecified atom stereocenters. The molecule has 2 aromatic carbocycles. The second-order valence-electron chi connectivity index (χ2n) is 6.38. The van der Waals surface area contributed by atoms with Gasteiger partial charge in [-0.3, -0.25) is 9.40 Å². The normalized spacial score (nSPS) is 12.0. The van der Waals surface area contributed by atoms with Crippen molar-refractivity contribution in [1.29, 1.82) is 0 Å². The van der Waals surface area contributed by atoms with Crippen LogP contribution in [0.4, 0.5) is 5.69 Å². The minimum atomic E-state index is -3.84. The number of hydrogen-bond donors (Lipinski definition) is 1. The van der Waals surface area contributed by atoms with E-state index in [1.54, 1.807) is 37.7 Å². The molecule has 7 nitrogen and oxygen atoms in total. The Balaban J connectivity index is 1.87. The first-order valence-corrected chi connectivity index (χ1v) is 9.82. The Labute approximate surface area is 156 Å². The lowest BCUT2D eigenvalue weighted by Gasteiger charge is -2.12. The van der Waals surface area contributed by atoms with Gasteiger partial charge in [-0.2, -0.15) is 5.10 Å². The average molecular weight is 385 g/mol.